The van der Waals surface area contributed by atoms with Crippen LogP contribution >= 0.6 is 0 Å². The van der Waals surface area contributed by atoms with E-state index in [0.717, 1.165) is 31.7 Å². The molecule has 37 heavy (non-hydrogen) atoms. The van der Waals surface area contributed by atoms with Crippen LogP contribution in [0, 0.1) is 0 Å². The zero-order valence-corrected chi connectivity index (χ0v) is 22.1. The number of aromatic nitrogens is 1. The van der Waals surface area contributed by atoms with Crippen molar-refractivity contribution in [3.8, 4) is 11.3 Å². The topological polar surface area (TPSA) is 48.7 Å². The zero-order valence-electron chi connectivity index (χ0n) is 22.1. The lowest BCUT2D eigenvalue weighted by molar-refractivity contribution is 0.0697. The van der Waals surface area contributed by atoms with Crippen molar-refractivity contribution >= 4 is 22.6 Å². The number of hydrogen-bond acceptors (Lipinski definition) is 3. The lowest BCUT2D eigenvalue weighted by Gasteiger charge is -2.28. The van der Waals surface area contributed by atoms with E-state index in [-0.39, 0.29) is 0 Å². The van der Waals surface area contributed by atoms with Crippen LogP contribution < -0.4 is 4.90 Å². The Kier molecular flexibility index (Phi) is 6.81. The number of likely N-dealkylation sites (tertiary alicyclic amines) is 1. The van der Waals surface area contributed by atoms with E-state index < -0.39 is 5.97 Å². The second-order valence-corrected chi connectivity index (χ2v) is 11.0. The van der Waals surface area contributed by atoms with Gasteiger partial charge in [-0.25, -0.2) is 4.79 Å². The largest absolute Gasteiger partial charge is 0.478 e. The van der Waals surface area contributed by atoms with Crippen LogP contribution in [0.1, 0.15) is 73.7 Å². The lowest BCUT2D eigenvalue weighted by Crippen LogP contribution is -2.31. The Labute approximate surface area is 220 Å². The normalized spacial score (nSPS) is 18.9. The summed E-state index contributed by atoms with van der Waals surface area (Å²) in [4.78, 5) is 17.0. The van der Waals surface area contributed by atoms with Crippen LogP contribution in [0.5, 0.6) is 0 Å². The second-order valence-electron chi connectivity index (χ2n) is 11.0. The summed E-state index contributed by atoms with van der Waals surface area (Å²) in [6.07, 6.45) is 11.2. The highest BCUT2D eigenvalue weighted by molar-refractivity contribution is 5.99. The molecule has 2 fully saturated rings. The number of rotatable bonds is 5. The number of carboxylic acid groups (broad SMARTS) is 1. The average Bonchev–Trinajstić information content (AvgIpc) is 3.18. The predicted molar refractivity (Wildman–Crippen MR) is 152 cm³/mol. The molecule has 3 heterocycles. The minimum absolute atomic E-state index is 0.375. The van der Waals surface area contributed by atoms with Gasteiger partial charge in [-0.1, -0.05) is 62.1 Å². The van der Waals surface area contributed by atoms with E-state index in [1.165, 1.54) is 85.9 Å². The maximum Gasteiger partial charge on any atom is 0.335 e. The fraction of sp³-hybridized carbons (Fsp3) is 0.469. The summed E-state index contributed by atoms with van der Waals surface area (Å²) in [5.41, 5.74) is 8.43. The van der Waals surface area contributed by atoms with E-state index in [9.17, 15) is 9.90 Å². The molecule has 1 saturated carbocycles. The monoisotopic (exact) mass is 497 g/mol. The molecular weight excluding hydrogens is 458 g/mol. The van der Waals surface area contributed by atoms with E-state index in [2.05, 4.69) is 57.7 Å². The molecule has 0 amide bonds. The molecule has 6 rings (SSSR count). The lowest BCUT2D eigenvalue weighted by atomic mass is 9.81. The molecule has 0 spiro atoms. The number of piperidine rings is 1. The van der Waals surface area contributed by atoms with Crippen LogP contribution in [0.4, 0.5) is 5.69 Å². The minimum Gasteiger partial charge on any atom is -0.478 e. The van der Waals surface area contributed by atoms with Gasteiger partial charge < -0.3 is 19.5 Å². The SMILES string of the molecule is CCN1CCC(=CCN2CCn3c(c(C4CCCCC4)c4ccc(C(=O)O)cc43)-c3ccccc32)CC1. The maximum atomic E-state index is 11.9. The first-order chi connectivity index (χ1) is 18.1. The fourth-order valence-corrected chi connectivity index (χ4v) is 6.92. The number of carboxylic acids is 1. The summed E-state index contributed by atoms with van der Waals surface area (Å²) in [7, 11) is 0. The molecule has 2 aliphatic heterocycles. The number of hydrogen-bond donors (Lipinski definition) is 1. The molecule has 0 unspecified atom stereocenters. The van der Waals surface area contributed by atoms with Gasteiger partial charge in [0, 0.05) is 54.9 Å². The van der Waals surface area contributed by atoms with Gasteiger partial charge in [0.2, 0.25) is 0 Å². The number of aromatic carboxylic acids is 1. The van der Waals surface area contributed by atoms with Crippen molar-refractivity contribution in [3.63, 3.8) is 0 Å². The van der Waals surface area contributed by atoms with Gasteiger partial charge in [0.25, 0.3) is 0 Å². The van der Waals surface area contributed by atoms with Crippen LogP contribution in [0.2, 0.25) is 0 Å². The molecule has 2 aromatic carbocycles. The van der Waals surface area contributed by atoms with E-state index in [1.54, 1.807) is 11.6 Å². The maximum absolute atomic E-state index is 11.9. The number of anilines is 1. The molecule has 1 N–H and O–H groups in total. The Hall–Kier alpha value is -3.05. The fourth-order valence-electron chi connectivity index (χ4n) is 6.92. The van der Waals surface area contributed by atoms with Crippen molar-refractivity contribution in [1.82, 2.24) is 9.47 Å². The zero-order chi connectivity index (χ0) is 25.4. The van der Waals surface area contributed by atoms with Crippen molar-refractivity contribution in [2.75, 3.05) is 37.6 Å². The van der Waals surface area contributed by atoms with Gasteiger partial charge in [-0.2, -0.15) is 0 Å². The molecule has 5 heteroatoms. The smallest absolute Gasteiger partial charge is 0.335 e. The van der Waals surface area contributed by atoms with Gasteiger partial charge in [0.05, 0.1) is 11.3 Å². The van der Waals surface area contributed by atoms with Crippen LogP contribution in [0.25, 0.3) is 22.2 Å². The molecular formula is C32H39N3O2. The summed E-state index contributed by atoms with van der Waals surface area (Å²) >= 11 is 0. The van der Waals surface area contributed by atoms with E-state index >= 15 is 0 Å². The second kappa shape index (κ2) is 10.4. The predicted octanol–water partition coefficient (Wildman–Crippen LogP) is 6.92. The van der Waals surface area contributed by atoms with E-state index in [0.29, 0.717) is 11.5 Å². The highest BCUT2D eigenvalue weighted by Gasteiger charge is 2.30. The third-order valence-corrected chi connectivity index (χ3v) is 9.00. The number of carbonyl (C=O) groups is 1. The number of nitrogens with zero attached hydrogens (tertiary/aromatic N) is 3. The van der Waals surface area contributed by atoms with Crippen molar-refractivity contribution in [3.05, 3.63) is 65.2 Å². The van der Waals surface area contributed by atoms with Gasteiger partial charge in [-0.05, 0) is 61.9 Å². The van der Waals surface area contributed by atoms with Gasteiger partial charge in [0.1, 0.15) is 0 Å². The summed E-state index contributed by atoms with van der Waals surface area (Å²) in [5, 5.41) is 11.0. The molecule has 3 aliphatic rings. The minimum atomic E-state index is -0.854. The summed E-state index contributed by atoms with van der Waals surface area (Å²) in [5.74, 6) is -0.318. The van der Waals surface area contributed by atoms with Crippen LogP contribution in [-0.2, 0) is 6.54 Å². The molecule has 0 atom stereocenters. The number of para-hydroxylation sites is 1. The van der Waals surface area contributed by atoms with Gasteiger partial charge in [0.15, 0.2) is 0 Å². The first-order valence-electron chi connectivity index (χ1n) is 14.3. The molecule has 0 bridgehead atoms. The Morgan fingerprint density at radius 3 is 2.54 bits per heavy atom. The molecule has 194 valence electrons. The van der Waals surface area contributed by atoms with Crippen molar-refractivity contribution in [2.24, 2.45) is 0 Å². The molecule has 1 saturated heterocycles. The quantitative estimate of drug-likeness (QED) is 0.389. The Morgan fingerprint density at radius 2 is 1.78 bits per heavy atom. The summed E-state index contributed by atoms with van der Waals surface area (Å²) in [6.45, 7) is 8.46. The first kappa shape index (κ1) is 24.3. The standard InChI is InChI=1S/C32H39N3O2/c1-2-33-17-14-23(15-18-33)16-19-34-20-21-35-29-22-25(32(36)37)12-13-26(29)30(24-8-4-3-5-9-24)31(35)27-10-6-7-11-28(27)34/h6-7,10-13,16,22,24H,2-5,8-9,14-15,17-21H2,1H3,(H,36,37). The summed E-state index contributed by atoms with van der Waals surface area (Å²) < 4.78 is 2.44. The van der Waals surface area contributed by atoms with E-state index in [4.69, 9.17) is 0 Å². The molecule has 5 nitrogen and oxygen atoms in total. The Bertz CT molecular complexity index is 1320. The van der Waals surface area contributed by atoms with Crippen LogP contribution in [0.15, 0.2) is 54.1 Å². The van der Waals surface area contributed by atoms with Crippen molar-refractivity contribution in [1.29, 1.82) is 0 Å². The average molecular weight is 498 g/mol. The molecule has 0 radical (unpaired) electrons. The van der Waals surface area contributed by atoms with Gasteiger partial charge in [-0.3, -0.25) is 0 Å². The van der Waals surface area contributed by atoms with Gasteiger partial charge in [-0.15, -0.1) is 0 Å². The van der Waals surface area contributed by atoms with Crippen molar-refractivity contribution in [2.45, 2.75) is 64.3 Å². The number of benzene rings is 2. The molecule has 1 aliphatic carbocycles. The highest BCUT2D eigenvalue weighted by atomic mass is 16.4. The Balaban J connectivity index is 1.43. The van der Waals surface area contributed by atoms with Gasteiger partial charge >= 0.3 is 5.97 Å². The first-order valence-corrected chi connectivity index (χ1v) is 14.3. The third-order valence-electron chi connectivity index (χ3n) is 9.00. The number of fused-ring (bicyclic) bond motifs is 5. The summed E-state index contributed by atoms with van der Waals surface area (Å²) in [6, 6.07) is 14.7. The third kappa shape index (κ3) is 4.59. The van der Waals surface area contributed by atoms with E-state index in [1.807, 2.05) is 6.07 Å². The van der Waals surface area contributed by atoms with Crippen LogP contribution in [-0.4, -0.2) is 53.3 Å². The Morgan fingerprint density at radius 1 is 1.00 bits per heavy atom. The van der Waals surface area contributed by atoms with Crippen LogP contribution in [0.3, 0.4) is 0 Å². The molecule has 1 aromatic heterocycles. The highest BCUT2D eigenvalue weighted by Crippen LogP contribution is 2.47. The molecule has 3 aromatic rings. The van der Waals surface area contributed by atoms with Crippen molar-refractivity contribution < 1.29 is 9.90 Å².